The molecule has 0 heterocycles. The van der Waals surface area contributed by atoms with E-state index in [1.807, 2.05) is 43.3 Å². The van der Waals surface area contributed by atoms with Crippen LogP contribution in [0.15, 0.2) is 72.8 Å². The molecule has 0 bridgehead atoms. The maximum Gasteiger partial charge on any atom is 0.243 e. The number of amides is 2. The number of nitrogens with one attached hydrogen (secondary N) is 1. The van der Waals surface area contributed by atoms with E-state index < -0.39 is 6.04 Å². The number of rotatable bonds is 10. The van der Waals surface area contributed by atoms with Crippen LogP contribution in [0.3, 0.4) is 0 Å². The number of hydrogen-bond donors (Lipinski definition) is 1. The van der Waals surface area contributed by atoms with E-state index in [-0.39, 0.29) is 24.8 Å². The van der Waals surface area contributed by atoms with Crippen molar-refractivity contribution in [2.24, 2.45) is 0 Å². The molecule has 3 aromatic rings. The molecule has 0 aliphatic rings. The van der Waals surface area contributed by atoms with Gasteiger partial charge in [0, 0.05) is 40.1 Å². The second-order valence-corrected chi connectivity index (χ2v) is 9.28. The van der Waals surface area contributed by atoms with Gasteiger partial charge in [-0.2, -0.15) is 0 Å². The summed E-state index contributed by atoms with van der Waals surface area (Å²) in [5, 5.41) is 4.39. The number of hydrogen-bond acceptors (Lipinski definition) is 2. The Balaban J connectivity index is 2.00. The van der Waals surface area contributed by atoms with Crippen LogP contribution in [-0.4, -0.2) is 29.3 Å². The van der Waals surface area contributed by atoms with Gasteiger partial charge in [-0.25, -0.2) is 0 Å². The molecule has 0 aliphatic carbocycles. The van der Waals surface area contributed by atoms with E-state index in [0.717, 1.165) is 17.5 Å². The Bertz CT molecular complexity index is 1100. The van der Waals surface area contributed by atoms with Crippen molar-refractivity contribution < 1.29 is 9.59 Å². The Kier molecular flexibility index (Phi) is 9.82. The van der Waals surface area contributed by atoms with Crippen molar-refractivity contribution in [1.29, 1.82) is 0 Å². The summed E-state index contributed by atoms with van der Waals surface area (Å²) < 4.78 is 0. The Morgan fingerprint density at radius 1 is 0.882 bits per heavy atom. The van der Waals surface area contributed by atoms with Gasteiger partial charge in [-0.1, -0.05) is 90.3 Å². The first-order valence-corrected chi connectivity index (χ1v) is 12.3. The zero-order valence-electron chi connectivity index (χ0n) is 18.9. The summed E-state index contributed by atoms with van der Waals surface area (Å²) in [6.07, 6.45) is 1.24. The Morgan fingerprint density at radius 3 is 2.18 bits per heavy atom. The number of carbonyl (C=O) groups is 2. The van der Waals surface area contributed by atoms with Gasteiger partial charge in [0.1, 0.15) is 6.04 Å². The molecule has 3 aromatic carbocycles. The molecule has 0 radical (unpaired) electrons. The van der Waals surface area contributed by atoms with Crippen LogP contribution in [-0.2, 0) is 29.0 Å². The average Bonchev–Trinajstić information content (AvgIpc) is 2.82. The second-order valence-electron chi connectivity index (χ2n) is 8.03. The number of benzene rings is 3. The molecule has 0 saturated carbocycles. The normalized spacial score (nSPS) is 11.6. The van der Waals surface area contributed by atoms with Crippen molar-refractivity contribution in [3.8, 4) is 0 Å². The maximum atomic E-state index is 13.7. The molecular weight excluding hydrogens is 491 g/mol. The molecule has 178 valence electrons. The number of nitrogens with zero attached hydrogens (tertiary/aromatic N) is 1. The van der Waals surface area contributed by atoms with Gasteiger partial charge >= 0.3 is 0 Å². The highest BCUT2D eigenvalue weighted by molar-refractivity contribution is 6.36. The van der Waals surface area contributed by atoms with Crippen LogP contribution in [0.4, 0.5) is 0 Å². The molecule has 0 aliphatic heterocycles. The molecule has 0 aromatic heterocycles. The molecule has 3 rings (SSSR count). The van der Waals surface area contributed by atoms with E-state index in [2.05, 4.69) is 5.32 Å². The molecule has 1 atom stereocenters. The largest absolute Gasteiger partial charge is 0.354 e. The lowest BCUT2D eigenvalue weighted by molar-refractivity contribution is -0.140. The molecule has 4 nitrogen and oxygen atoms in total. The number of halogens is 3. The zero-order valence-corrected chi connectivity index (χ0v) is 21.2. The first-order valence-electron chi connectivity index (χ1n) is 11.2. The molecule has 1 unspecified atom stereocenters. The topological polar surface area (TPSA) is 49.4 Å². The van der Waals surface area contributed by atoms with E-state index in [1.54, 1.807) is 41.3 Å². The molecule has 0 spiro atoms. The molecule has 0 saturated heterocycles. The van der Waals surface area contributed by atoms with Crippen molar-refractivity contribution in [2.75, 3.05) is 6.54 Å². The first kappa shape index (κ1) is 26.1. The Morgan fingerprint density at radius 2 is 1.53 bits per heavy atom. The quantitative estimate of drug-likeness (QED) is 0.340. The summed E-state index contributed by atoms with van der Waals surface area (Å²) in [4.78, 5) is 28.6. The fourth-order valence-corrected chi connectivity index (χ4v) is 4.43. The lowest BCUT2D eigenvalue weighted by atomic mass is 10.0. The van der Waals surface area contributed by atoms with Crippen LogP contribution < -0.4 is 5.32 Å². The van der Waals surface area contributed by atoms with Gasteiger partial charge in [0.05, 0.1) is 6.42 Å². The van der Waals surface area contributed by atoms with Crippen molar-refractivity contribution in [2.45, 2.75) is 38.8 Å². The summed E-state index contributed by atoms with van der Waals surface area (Å²) >= 11 is 19.0. The third-order valence-electron chi connectivity index (χ3n) is 5.45. The van der Waals surface area contributed by atoms with Crippen LogP contribution in [0.25, 0.3) is 0 Å². The highest BCUT2D eigenvalue weighted by atomic mass is 35.5. The summed E-state index contributed by atoms with van der Waals surface area (Å²) in [5.74, 6) is -0.431. The van der Waals surface area contributed by atoms with Gasteiger partial charge < -0.3 is 10.2 Å². The molecule has 34 heavy (non-hydrogen) atoms. The van der Waals surface area contributed by atoms with Crippen LogP contribution in [0.5, 0.6) is 0 Å². The highest BCUT2D eigenvalue weighted by Crippen LogP contribution is 2.27. The Hall–Kier alpha value is -2.53. The van der Waals surface area contributed by atoms with Crippen molar-refractivity contribution in [1.82, 2.24) is 10.2 Å². The monoisotopic (exact) mass is 516 g/mol. The van der Waals surface area contributed by atoms with Crippen LogP contribution in [0, 0.1) is 0 Å². The van der Waals surface area contributed by atoms with Crippen LogP contribution in [0.1, 0.15) is 30.0 Å². The fraction of sp³-hybridized carbons (Fsp3) is 0.259. The minimum absolute atomic E-state index is 0.0922. The highest BCUT2D eigenvalue weighted by Gasteiger charge is 2.31. The average molecular weight is 518 g/mol. The summed E-state index contributed by atoms with van der Waals surface area (Å²) in [5.41, 5.74) is 2.32. The predicted molar refractivity (Wildman–Crippen MR) is 139 cm³/mol. The van der Waals surface area contributed by atoms with E-state index in [9.17, 15) is 9.59 Å². The van der Waals surface area contributed by atoms with E-state index >= 15 is 0 Å². The van der Waals surface area contributed by atoms with Gasteiger partial charge in [0.2, 0.25) is 11.8 Å². The third-order valence-corrected chi connectivity index (χ3v) is 6.40. The lowest BCUT2D eigenvalue weighted by Crippen LogP contribution is -2.51. The third kappa shape index (κ3) is 7.23. The lowest BCUT2D eigenvalue weighted by Gasteiger charge is -2.32. The SMILES string of the molecule is CCCNC(=O)C(Cc1ccccc1)N(Cc1c(Cl)cccc1Cl)C(=O)Cc1cccc(Cl)c1. The minimum atomic E-state index is -0.743. The molecule has 1 N–H and O–H groups in total. The minimum Gasteiger partial charge on any atom is -0.354 e. The van der Waals surface area contributed by atoms with E-state index in [4.69, 9.17) is 34.8 Å². The second kappa shape index (κ2) is 12.8. The zero-order chi connectivity index (χ0) is 24.5. The van der Waals surface area contributed by atoms with Crippen LogP contribution >= 0.6 is 34.8 Å². The van der Waals surface area contributed by atoms with Crippen LogP contribution in [0.2, 0.25) is 15.1 Å². The predicted octanol–water partition coefficient (Wildman–Crippen LogP) is 6.36. The van der Waals surface area contributed by atoms with Gasteiger partial charge in [-0.05, 0) is 41.8 Å². The summed E-state index contributed by atoms with van der Waals surface area (Å²) in [7, 11) is 0. The fourth-order valence-electron chi connectivity index (χ4n) is 3.70. The molecule has 0 fully saturated rings. The van der Waals surface area contributed by atoms with Gasteiger partial charge in [-0.15, -0.1) is 0 Å². The maximum absolute atomic E-state index is 13.7. The van der Waals surface area contributed by atoms with E-state index in [0.29, 0.717) is 33.6 Å². The summed E-state index contributed by atoms with van der Waals surface area (Å²) in [6, 6.07) is 21.3. The van der Waals surface area contributed by atoms with Crippen molar-refractivity contribution >= 4 is 46.6 Å². The van der Waals surface area contributed by atoms with Crippen molar-refractivity contribution in [3.63, 3.8) is 0 Å². The standard InChI is InChI=1S/C27H27Cl3N2O2/c1-2-14-31-27(34)25(16-19-8-4-3-5-9-19)32(18-22-23(29)12-7-13-24(22)30)26(33)17-20-10-6-11-21(28)15-20/h3-13,15,25H,2,14,16-18H2,1H3,(H,31,34). The number of carbonyl (C=O) groups excluding carboxylic acids is 2. The molecular formula is C27H27Cl3N2O2. The van der Waals surface area contributed by atoms with E-state index in [1.165, 1.54) is 0 Å². The summed E-state index contributed by atoms with van der Waals surface area (Å²) in [6.45, 7) is 2.61. The molecule has 7 heteroatoms. The Labute approximate surface area is 215 Å². The van der Waals surface area contributed by atoms with Gasteiger partial charge in [0.15, 0.2) is 0 Å². The van der Waals surface area contributed by atoms with Crippen molar-refractivity contribution in [3.05, 3.63) is 105 Å². The van der Waals surface area contributed by atoms with Gasteiger partial charge in [0.25, 0.3) is 0 Å². The smallest absolute Gasteiger partial charge is 0.243 e. The van der Waals surface area contributed by atoms with Gasteiger partial charge in [-0.3, -0.25) is 9.59 Å². The molecule has 2 amide bonds. The first-order chi connectivity index (χ1) is 16.4.